The van der Waals surface area contributed by atoms with E-state index in [0.29, 0.717) is 30.8 Å². The number of carbonyl (C=O) groups excluding carboxylic acids is 2. The number of ketones is 1. The van der Waals surface area contributed by atoms with Crippen LogP contribution in [0.1, 0.15) is 37.6 Å². The van der Waals surface area contributed by atoms with Crippen LogP contribution >= 0.6 is 0 Å². The highest BCUT2D eigenvalue weighted by Gasteiger charge is 2.33. The Hall–Kier alpha value is -2.11. The number of Topliss-reactive ketones (excluding diaryl/α,β-unsaturated/α-hetero) is 1. The lowest BCUT2D eigenvalue weighted by molar-refractivity contribution is 0.0289. The van der Waals surface area contributed by atoms with Crippen LogP contribution in [-0.4, -0.2) is 47.6 Å². The summed E-state index contributed by atoms with van der Waals surface area (Å²) >= 11 is 0. The fourth-order valence-corrected chi connectivity index (χ4v) is 2.37. The maximum absolute atomic E-state index is 12.5. The summed E-state index contributed by atoms with van der Waals surface area (Å²) in [6.07, 6.45) is 3.35. The molecule has 1 saturated heterocycles. The summed E-state index contributed by atoms with van der Waals surface area (Å²) in [6.45, 7) is 6.39. The van der Waals surface area contributed by atoms with Crippen molar-refractivity contribution in [3.63, 3.8) is 0 Å². The molecule has 0 aromatic carbocycles. The quantitative estimate of drug-likeness (QED) is 0.803. The van der Waals surface area contributed by atoms with Gasteiger partial charge in [0.25, 0.3) is 0 Å². The van der Waals surface area contributed by atoms with E-state index in [9.17, 15) is 9.59 Å². The molecule has 2 heterocycles. The predicted molar refractivity (Wildman–Crippen MR) is 81.0 cm³/mol. The van der Waals surface area contributed by atoms with Gasteiger partial charge in [-0.25, -0.2) is 4.79 Å². The average Bonchev–Trinajstić information content (AvgIpc) is 2.94. The molecule has 0 spiro atoms. The maximum atomic E-state index is 12.5. The third-order valence-corrected chi connectivity index (χ3v) is 3.44. The molecule has 1 atom stereocenters. The topological polar surface area (TPSA) is 68.7 Å². The minimum Gasteiger partial charge on any atom is -0.495 e. The number of aromatic nitrogens is 1. The highest BCUT2D eigenvalue weighted by Crippen LogP contribution is 2.24. The first-order valence-electron chi connectivity index (χ1n) is 7.31. The van der Waals surface area contributed by atoms with E-state index in [2.05, 4.69) is 4.98 Å². The minimum atomic E-state index is -0.532. The molecule has 1 aliphatic heterocycles. The molecule has 0 aliphatic carbocycles. The number of methoxy groups -OCH3 is 1. The first kappa shape index (κ1) is 16.3. The van der Waals surface area contributed by atoms with Crippen molar-refractivity contribution in [3.05, 3.63) is 24.0 Å². The summed E-state index contributed by atoms with van der Waals surface area (Å²) in [6, 6.07) is 1.67. The van der Waals surface area contributed by atoms with Crippen molar-refractivity contribution in [3.8, 4) is 5.75 Å². The molecule has 0 saturated carbocycles. The standard InChI is InChI=1S/C16H22N2O4/c1-16(2,3)22-15(20)18-6-5-11(10-18)14(19)12-7-13(21-4)9-17-8-12/h7-9,11H,5-6,10H2,1-4H3. The number of likely N-dealkylation sites (tertiary alicyclic amines) is 1. The van der Waals surface area contributed by atoms with Gasteiger partial charge in [0.15, 0.2) is 5.78 Å². The van der Waals surface area contributed by atoms with Crippen molar-refractivity contribution in [2.24, 2.45) is 5.92 Å². The Kier molecular flexibility index (Phi) is 4.68. The van der Waals surface area contributed by atoms with Crippen LogP contribution in [0.2, 0.25) is 0 Å². The van der Waals surface area contributed by atoms with Crippen LogP contribution < -0.4 is 4.74 Å². The minimum absolute atomic E-state index is 0.0162. The van der Waals surface area contributed by atoms with E-state index in [1.807, 2.05) is 20.8 Å². The molecule has 6 nitrogen and oxygen atoms in total. The Morgan fingerprint density at radius 3 is 2.68 bits per heavy atom. The normalized spacial score (nSPS) is 18.2. The Labute approximate surface area is 130 Å². The van der Waals surface area contributed by atoms with Crippen LogP contribution in [0, 0.1) is 5.92 Å². The molecular weight excluding hydrogens is 284 g/mol. The van der Waals surface area contributed by atoms with E-state index in [1.54, 1.807) is 17.2 Å². The molecule has 0 N–H and O–H groups in total. The molecule has 120 valence electrons. The zero-order valence-electron chi connectivity index (χ0n) is 13.5. The predicted octanol–water partition coefficient (Wildman–Crippen LogP) is 2.53. The lowest BCUT2D eigenvalue weighted by Crippen LogP contribution is -2.35. The van der Waals surface area contributed by atoms with Gasteiger partial charge in [-0.1, -0.05) is 0 Å². The van der Waals surface area contributed by atoms with Gasteiger partial charge in [0, 0.05) is 30.8 Å². The molecule has 1 aliphatic rings. The van der Waals surface area contributed by atoms with Crippen LogP contribution in [-0.2, 0) is 4.74 Å². The third kappa shape index (κ3) is 3.96. The SMILES string of the molecule is COc1cncc(C(=O)C2CCN(C(=O)OC(C)(C)C)C2)c1. The average molecular weight is 306 g/mol. The summed E-state index contributed by atoms with van der Waals surface area (Å²) in [5.74, 6) is 0.312. The number of hydrogen-bond acceptors (Lipinski definition) is 5. The zero-order valence-corrected chi connectivity index (χ0v) is 13.5. The Bertz CT molecular complexity index is 566. The molecule has 1 aromatic rings. The monoisotopic (exact) mass is 306 g/mol. The van der Waals surface area contributed by atoms with Gasteiger partial charge < -0.3 is 14.4 Å². The van der Waals surface area contributed by atoms with Crippen LogP contribution in [0.3, 0.4) is 0 Å². The number of pyridine rings is 1. The zero-order chi connectivity index (χ0) is 16.3. The summed E-state index contributed by atoms with van der Waals surface area (Å²) in [4.78, 5) is 30.1. The molecule has 2 rings (SSSR count). The van der Waals surface area contributed by atoms with Crippen LogP contribution in [0.15, 0.2) is 18.5 Å². The van der Waals surface area contributed by atoms with E-state index >= 15 is 0 Å². The second-order valence-corrected chi connectivity index (χ2v) is 6.39. The second kappa shape index (κ2) is 6.34. The van der Waals surface area contributed by atoms with Crippen molar-refractivity contribution < 1.29 is 19.1 Å². The Balaban J connectivity index is 2.00. The number of amides is 1. The molecule has 6 heteroatoms. The van der Waals surface area contributed by atoms with E-state index < -0.39 is 5.60 Å². The summed E-state index contributed by atoms with van der Waals surface area (Å²) in [5.41, 5.74) is -0.0222. The molecule has 22 heavy (non-hydrogen) atoms. The summed E-state index contributed by atoms with van der Waals surface area (Å²) in [5, 5.41) is 0. The van der Waals surface area contributed by atoms with Crippen molar-refractivity contribution in [1.29, 1.82) is 0 Å². The van der Waals surface area contributed by atoms with Gasteiger partial charge in [-0.15, -0.1) is 0 Å². The van der Waals surface area contributed by atoms with Crippen LogP contribution in [0.5, 0.6) is 5.75 Å². The number of rotatable bonds is 3. The van der Waals surface area contributed by atoms with Crippen molar-refractivity contribution in [2.45, 2.75) is 32.8 Å². The summed E-state index contributed by atoms with van der Waals surface area (Å²) < 4.78 is 10.4. The number of carbonyl (C=O) groups is 2. The van der Waals surface area contributed by atoms with Gasteiger partial charge in [0.1, 0.15) is 11.4 Å². The van der Waals surface area contributed by atoms with E-state index in [-0.39, 0.29) is 17.8 Å². The fourth-order valence-electron chi connectivity index (χ4n) is 2.37. The van der Waals surface area contributed by atoms with E-state index in [1.165, 1.54) is 13.3 Å². The molecule has 0 bridgehead atoms. The lowest BCUT2D eigenvalue weighted by atomic mass is 9.98. The summed E-state index contributed by atoms with van der Waals surface area (Å²) in [7, 11) is 1.53. The number of nitrogens with zero attached hydrogens (tertiary/aromatic N) is 2. The van der Waals surface area contributed by atoms with Gasteiger partial charge >= 0.3 is 6.09 Å². The molecule has 1 fully saturated rings. The van der Waals surface area contributed by atoms with E-state index in [0.717, 1.165) is 0 Å². The molecule has 0 radical (unpaired) electrons. The van der Waals surface area contributed by atoms with Gasteiger partial charge in [0.05, 0.1) is 13.3 Å². The second-order valence-electron chi connectivity index (χ2n) is 6.39. The largest absolute Gasteiger partial charge is 0.495 e. The van der Waals surface area contributed by atoms with Gasteiger partial charge in [-0.05, 0) is 33.3 Å². The Morgan fingerprint density at radius 1 is 1.32 bits per heavy atom. The van der Waals surface area contributed by atoms with Gasteiger partial charge in [0.2, 0.25) is 0 Å². The third-order valence-electron chi connectivity index (χ3n) is 3.44. The van der Waals surface area contributed by atoms with E-state index in [4.69, 9.17) is 9.47 Å². The van der Waals surface area contributed by atoms with Gasteiger partial charge in [-0.2, -0.15) is 0 Å². The lowest BCUT2D eigenvalue weighted by Gasteiger charge is -2.24. The van der Waals surface area contributed by atoms with Crippen LogP contribution in [0.4, 0.5) is 4.79 Å². The maximum Gasteiger partial charge on any atom is 0.410 e. The molecular formula is C16H22N2O4. The highest BCUT2D eigenvalue weighted by atomic mass is 16.6. The van der Waals surface area contributed by atoms with Crippen molar-refractivity contribution >= 4 is 11.9 Å². The first-order chi connectivity index (χ1) is 10.3. The molecule has 1 amide bonds. The first-order valence-corrected chi connectivity index (χ1v) is 7.31. The number of ether oxygens (including phenoxy) is 2. The Morgan fingerprint density at radius 2 is 2.05 bits per heavy atom. The van der Waals surface area contributed by atoms with Crippen LogP contribution in [0.25, 0.3) is 0 Å². The smallest absolute Gasteiger partial charge is 0.410 e. The molecule has 1 unspecified atom stereocenters. The highest BCUT2D eigenvalue weighted by molar-refractivity contribution is 5.98. The fraction of sp³-hybridized carbons (Fsp3) is 0.562. The number of hydrogen-bond donors (Lipinski definition) is 0. The van der Waals surface area contributed by atoms with Crippen molar-refractivity contribution in [2.75, 3.05) is 20.2 Å². The van der Waals surface area contributed by atoms with Gasteiger partial charge in [-0.3, -0.25) is 9.78 Å². The molecule has 1 aromatic heterocycles. The van der Waals surface area contributed by atoms with Crippen molar-refractivity contribution in [1.82, 2.24) is 9.88 Å².